The van der Waals surface area contributed by atoms with Gasteiger partial charge in [-0.3, -0.25) is 9.59 Å². The number of esters is 2. The molecule has 1 unspecified atom stereocenters. The van der Waals surface area contributed by atoms with Crippen molar-refractivity contribution in [3.63, 3.8) is 0 Å². The molecule has 0 N–H and O–H groups in total. The molecule has 0 radical (unpaired) electrons. The van der Waals surface area contributed by atoms with Crippen LogP contribution >= 0.6 is 15.9 Å². The lowest BCUT2D eigenvalue weighted by Crippen LogP contribution is -2.34. The van der Waals surface area contributed by atoms with Gasteiger partial charge in [-0.2, -0.15) is 0 Å². The Kier molecular flexibility index (Phi) is 7.32. The Morgan fingerprint density at radius 1 is 1.00 bits per heavy atom. The van der Waals surface area contributed by atoms with Crippen LogP contribution in [0.1, 0.15) is 65.4 Å². The third kappa shape index (κ3) is 5.14. The van der Waals surface area contributed by atoms with E-state index >= 15 is 0 Å². The maximum absolute atomic E-state index is 13.1. The van der Waals surface area contributed by atoms with Gasteiger partial charge in [-0.15, -0.1) is 0 Å². The van der Waals surface area contributed by atoms with Gasteiger partial charge in [0, 0.05) is 10.0 Å². The Labute approximate surface area is 210 Å². The second-order valence-electron chi connectivity index (χ2n) is 10.00. The molecule has 0 aromatic heterocycles. The van der Waals surface area contributed by atoms with Crippen LogP contribution < -0.4 is 0 Å². The van der Waals surface area contributed by atoms with Gasteiger partial charge in [0.2, 0.25) is 0 Å². The van der Waals surface area contributed by atoms with Crippen molar-refractivity contribution >= 4 is 49.4 Å². The van der Waals surface area contributed by atoms with Gasteiger partial charge in [0.05, 0.1) is 11.8 Å². The normalized spacial score (nSPS) is 19.7. The number of carbonyl (C=O) groups is 2. The number of hydrogen-bond donors (Lipinski definition) is 0. The first kappa shape index (κ1) is 24.7. The monoisotopic (exact) mass is 524 g/mol. The van der Waals surface area contributed by atoms with Crippen LogP contribution in [-0.2, 0) is 24.7 Å². The highest BCUT2D eigenvalue weighted by Gasteiger charge is 2.35. The smallest absolute Gasteiger partial charge is 0.309 e. The lowest BCUT2D eigenvalue weighted by Gasteiger charge is -2.32. The van der Waals surface area contributed by atoms with Crippen molar-refractivity contribution in [2.24, 2.45) is 11.8 Å². The van der Waals surface area contributed by atoms with Crippen molar-refractivity contribution in [2.75, 3.05) is 0 Å². The zero-order valence-corrected chi connectivity index (χ0v) is 22.0. The molecule has 34 heavy (non-hydrogen) atoms. The van der Waals surface area contributed by atoms with E-state index in [4.69, 9.17) is 9.47 Å². The zero-order chi connectivity index (χ0) is 24.5. The lowest BCUT2D eigenvalue weighted by atomic mass is 9.87. The summed E-state index contributed by atoms with van der Waals surface area (Å²) in [7, 11) is 0. The van der Waals surface area contributed by atoms with Crippen LogP contribution in [0, 0.1) is 11.8 Å². The molecule has 3 aromatic rings. The van der Waals surface area contributed by atoms with E-state index in [0.717, 1.165) is 27.2 Å². The number of carbonyl (C=O) groups excluding carboxylic acids is 2. The van der Waals surface area contributed by atoms with E-state index in [1.165, 1.54) is 10.8 Å². The number of rotatable bonds is 6. The highest BCUT2D eigenvalue weighted by atomic mass is 79.9. The fourth-order valence-corrected chi connectivity index (χ4v) is 5.65. The van der Waals surface area contributed by atoms with Crippen LogP contribution in [0.2, 0.25) is 0 Å². The summed E-state index contributed by atoms with van der Waals surface area (Å²) < 4.78 is 12.7. The molecule has 1 saturated carbocycles. The molecular weight excluding hydrogens is 492 g/mol. The zero-order valence-electron chi connectivity index (χ0n) is 20.4. The Morgan fingerprint density at radius 3 is 2.29 bits per heavy atom. The average Bonchev–Trinajstić information content (AvgIpc) is 2.82. The fourth-order valence-electron chi connectivity index (χ4n) is 4.70. The molecule has 180 valence electrons. The van der Waals surface area contributed by atoms with Crippen molar-refractivity contribution in [1.29, 1.82) is 0 Å². The summed E-state index contributed by atoms with van der Waals surface area (Å²) in [6, 6.07) is 16.8. The molecule has 0 heterocycles. The number of benzene rings is 3. The first-order valence-electron chi connectivity index (χ1n) is 12.2. The predicted molar refractivity (Wildman–Crippen MR) is 140 cm³/mol. The summed E-state index contributed by atoms with van der Waals surface area (Å²) >= 11 is 3.80. The minimum absolute atomic E-state index is 0.0816. The molecule has 1 fully saturated rings. The quantitative estimate of drug-likeness (QED) is 0.245. The maximum Gasteiger partial charge on any atom is 0.309 e. The van der Waals surface area contributed by atoms with E-state index in [1.54, 1.807) is 0 Å². The summed E-state index contributed by atoms with van der Waals surface area (Å²) in [5, 5.41) is 4.62. The minimum atomic E-state index is -0.782. The van der Waals surface area contributed by atoms with Crippen LogP contribution in [0.3, 0.4) is 0 Å². The molecule has 5 heteroatoms. The Balaban J connectivity index is 1.45. The molecule has 0 aliphatic heterocycles. The third-order valence-electron chi connectivity index (χ3n) is 7.13. The largest absolute Gasteiger partial charge is 0.462 e. The topological polar surface area (TPSA) is 52.6 Å². The molecule has 1 aliphatic rings. The summed E-state index contributed by atoms with van der Waals surface area (Å²) in [6.45, 7) is 7.76. The number of hydrogen-bond acceptors (Lipinski definition) is 4. The third-order valence-corrected chi connectivity index (χ3v) is 7.98. The van der Waals surface area contributed by atoms with Gasteiger partial charge >= 0.3 is 11.9 Å². The molecule has 1 atom stereocenters. The van der Waals surface area contributed by atoms with Crippen molar-refractivity contribution in [2.45, 2.75) is 71.5 Å². The predicted octanol–water partition coefficient (Wildman–Crippen LogP) is 7.68. The summed E-state index contributed by atoms with van der Waals surface area (Å²) in [4.78, 5) is 25.2. The molecule has 3 aromatic carbocycles. The van der Waals surface area contributed by atoms with Gasteiger partial charge in [-0.05, 0) is 95.6 Å². The van der Waals surface area contributed by atoms with E-state index in [9.17, 15) is 9.59 Å². The molecule has 0 amide bonds. The second-order valence-corrected chi connectivity index (χ2v) is 10.8. The first-order chi connectivity index (χ1) is 16.2. The van der Waals surface area contributed by atoms with Crippen molar-refractivity contribution in [3.05, 3.63) is 58.6 Å². The Hall–Kier alpha value is -2.40. The molecule has 4 nitrogen and oxygen atoms in total. The first-order valence-corrected chi connectivity index (χ1v) is 13.0. The highest BCUT2D eigenvalue weighted by molar-refractivity contribution is 9.10. The van der Waals surface area contributed by atoms with Crippen molar-refractivity contribution in [3.8, 4) is 0 Å². The SMILES string of the molecule is CCC(C)C(=O)OC1CCC(C(=O)OC(C)(C)c2ccc3cc4ccccc4cc3c2Br)CC1. The Bertz CT molecular complexity index is 1210. The second kappa shape index (κ2) is 10.1. The lowest BCUT2D eigenvalue weighted by molar-refractivity contribution is -0.166. The standard InChI is InChI=1S/C29H33BrO4/c1-5-18(2)27(31)33-23-13-10-19(11-14-23)28(32)34-29(3,4)25-15-12-22-16-20-8-6-7-9-21(20)17-24(22)26(25)30/h6-9,12,15-19,23H,5,10-11,13-14H2,1-4H3. The van der Waals surface area contributed by atoms with Gasteiger partial charge in [0.15, 0.2) is 0 Å². The van der Waals surface area contributed by atoms with Gasteiger partial charge in [-0.25, -0.2) is 0 Å². The summed E-state index contributed by atoms with van der Waals surface area (Å²) in [5.74, 6) is -0.561. The van der Waals surface area contributed by atoms with Gasteiger partial charge in [-0.1, -0.05) is 50.2 Å². The Morgan fingerprint density at radius 2 is 1.65 bits per heavy atom. The molecule has 0 spiro atoms. The van der Waals surface area contributed by atoms with Crippen LogP contribution in [0.5, 0.6) is 0 Å². The van der Waals surface area contributed by atoms with Crippen LogP contribution in [-0.4, -0.2) is 18.0 Å². The highest BCUT2D eigenvalue weighted by Crippen LogP contribution is 2.39. The molecular formula is C29H33BrO4. The van der Waals surface area contributed by atoms with Gasteiger partial charge < -0.3 is 9.47 Å². The molecule has 1 aliphatic carbocycles. The van der Waals surface area contributed by atoms with Crippen LogP contribution in [0.15, 0.2) is 53.0 Å². The van der Waals surface area contributed by atoms with Crippen LogP contribution in [0.4, 0.5) is 0 Å². The molecule has 0 bridgehead atoms. The van der Waals surface area contributed by atoms with Gasteiger partial charge in [0.1, 0.15) is 11.7 Å². The number of halogens is 1. The maximum atomic E-state index is 13.1. The van der Waals surface area contributed by atoms with E-state index in [-0.39, 0.29) is 29.9 Å². The van der Waals surface area contributed by atoms with E-state index in [2.05, 4.69) is 46.3 Å². The van der Waals surface area contributed by atoms with Crippen molar-refractivity contribution < 1.29 is 19.1 Å². The minimum Gasteiger partial charge on any atom is -0.462 e. The van der Waals surface area contributed by atoms with E-state index in [1.807, 2.05) is 45.9 Å². The van der Waals surface area contributed by atoms with Gasteiger partial charge in [0.25, 0.3) is 0 Å². The van der Waals surface area contributed by atoms with E-state index < -0.39 is 5.60 Å². The molecule has 4 rings (SSSR count). The van der Waals surface area contributed by atoms with E-state index in [0.29, 0.717) is 25.7 Å². The summed E-state index contributed by atoms with van der Waals surface area (Å²) in [6.07, 6.45) is 3.44. The summed E-state index contributed by atoms with van der Waals surface area (Å²) in [5.41, 5.74) is 0.162. The number of ether oxygens (including phenoxy) is 2. The number of fused-ring (bicyclic) bond motifs is 2. The van der Waals surface area contributed by atoms with Crippen molar-refractivity contribution in [1.82, 2.24) is 0 Å². The average molecular weight is 525 g/mol. The van der Waals surface area contributed by atoms with Crippen LogP contribution in [0.25, 0.3) is 21.5 Å². The molecule has 0 saturated heterocycles. The fraction of sp³-hybridized carbons (Fsp3) is 0.448.